The van der Waals surface area contributed by atoms with Crippen LogP contribution in [-0.4, -0.2) is 53.9 Å². The van der Waals surface area contributed by atoms with Gasteiger partial charge >= 0.3 is 0 Å². The number of nitrogens with zero attached hydrogens (tertiary/aromatic N) is 3. The molecule has 3 heterocycles. The SMILES string of the molecule is CN1CCC(N(C)C(=O)c2sc3cnccc3c2N)CC1. The maximum Gasteiger partial charge on any atom is 0.266 e. The molecule has 2 aromatic rings. The number of hydrogen-bond donors (Lipinski definition) is 1. The van der Waals surface area contributed by atoms with E-state index in [1.54, 1.807) is 12.4 Å². The molecule has 5 nitrogen and oxygen atoms in total. The highest BCUT2D eigenvalue weighted by Gasteiger charge is 2.27. The summed E-state index contributed by atoms with van der Waals surface area (Å²) in [5.41, 5.74) is 6.74. The van der Waals surface area contributed by atoms with Crippen LogP contribution in [0.2, 0.25) is 0 Å². The molecule has 0 aliphatic carbocycles. The van der Waals surface area contributed by atoms with Gasteiger partial charge in [0.1, 0.15) is 4.88 Å². The van der Waals surface area contributed by atoms with Crippen molar-refractivity contribution in [2.75, 3.05) is 32.9 Å². The lowest BCUT2D eigenvalue weighted by Crippen LogP contribution is -2.44. The zero-order valence-electron chi connectivity index (χ0n) is 12.4. The Kier molecular flexibility index (Phi) is 3.82. The molecule has 1 aliphatic rings. The van der Waals surface area contributed by atoms with E-state index in [2.05, 4.69) is 16.9 Å². The minimum absolute atomic E-state index is 0.0308. The minimum atomic E-state index is 0.0308. The van der Waals surface area contributed by atoms with Crippen LogP contribution in [0.3, 0.4) is 0 Å². The van der Waals surface area contributed by atoms with Crippen LogP contribution in [0.4, 0.5) is 5.69 Å². The van der Waals surface area contributed by atoms with Gasteiger partial charge in [-0.1, -0.05) is 0 Å². The van der Waals surface area contributed by atoms with E-state index in [4.69, 9.17) is 5.73 Å². The fourth-order valence-electron chi connectivity index (χ4n) is 2.84. The van der Waals surface area contributed by atoms with Gasteiger partial charge in [0, 0.05) is 30.9 Å². The number of fused-ring (bicyclic) bond motifs is 1. The Labute approximate surface area is 128 Å². The third-order valence-corrected chi connectivity index (χ3v) is 5.43. The van der Waals surface area contributed by atoms with E-state index in [-0.39, 0.29) is 5.91 Å². The first-order chi connectivity index (χ1) is 10.1. The van der Waals surface area contributed by atoms with Crippen LogP contribution in [0.1, 0.15) is 22.5 Å². The minimum Gasteiger partial charge on any atom is -0.397 e. The Morgan fingerprint density at radius 2 is 2.19 bits per heavy atom. The molecule has 0 unspecified atom stereocenters. The van der Waals surface area contributed by atoms with Crippen molar-refractivity contribution >= 4 is 33.0 Å². The number of pyridine rings is 1. The smallest absolute Gasteiger partial charge is 0.266 e. The average Bonchev–Trinajstić information content (AvgIpc) is 2.84. The van der Waals surface area contributed by atoms with E-state index in [9.17, 15) is 4.79 Å². The number of carbonyl (C=O) groups is 1. The van der Waals surface area contributed by atoms with Gasteiger partial charge in [-0.3, -0.25) is 9.78 Å². The Balaban J connectivity index is 1.84. The highest BCUT2D eigenvalue weighted by Crippen LogP contribution is 2.34. The monoisotopic (exact) mass is 304 g/mol. The summed E-state index contributed by atoms with van der Waals surface area (Å²) >= 11 is 1.44. The molecule has 2 N–H and O–H groups in total. The van der Waals surface area contributed by atoms with Gasteiger partial charge in [0.25, 0.3) is 5.91 Å². The molecule has 1 aliphatic heterocycles. The molecule has 1 saturated heterocycles. The molecular weight excluding hydrogens is 284 g/mol. The Hall–Kier alpha value is -1.66. The molecular formula is C15H20N4OS. The molecule has 0 radical (unpaired) electrons. The maximum atomic E-state index is 12.7. The largest absolute Gasteiger partial charge is 0.397 e. The first kappa shape index (κ1) is 14.3. The molecule has 0 bridgehead atoms. The summed E-state index contributed by atoms with van der Waals surface area (Å²) in [7, 11) is 4.01. The lowest BCUT2D eigenvalue weighted by molar-refractivity contribution is 0.0665. The van der Waals surface area contributed by atoms with Crippen LogP contribution >= 0.6 is 11.3 Å². The van der Waals surface area contributed by atoms with Gasteiger partial charge in [0.05, 0.1) is 10.4 Å². The maximum absolute atomic E-state index is 12.7. The highest BCUT2D eigenvalue weighted by atomic mass is 32.1. The van der Waals surface area contributed by atoms with Crippen LogP contribution in [0.15, 0.2) is 18.5 Å². The number of likely N-dealkylation sites (tertiary alicyclic amines) is 1. The van der Waals surface area contributed by atoms with Crippen molar-refractivity contribution < 1.29 is 4.79 Å². The van der Waals surface area contributed by atoms with Gasteiger partial charge in [0.2, 0.25) is 0 Å². The number of carbonyl (C=O) groups excluding carboxylic acids is 1. The van der Waals surface area contributed by atoms with E-state index >= 15 is 0 Å². The summed E-state index contributed by atoms with van der Waals surface area (Å²) in [5, 5.41) is 0.926. The molecule has 0 spiro atoms. The van der Waals surface area contributed by atoms with Gasteiger partial charge in [-0.05, 0) is 39.0 Å². The normalized spacial score (nSPS) is 17.2. The van der Waals surface area contributed by atoms with Gasteiger partial charge in [-0.15, -0.1) is 11.3 Å². The number of amides is 1. The van der Waals surface area contributed by atoms with Crippen molar-refractivity contribution in [3.63, 3.8) is 0 Å². The van der Waals surface area contributed by atoms with E-state index in [0.29, 0.717) is 16.6 Å². The number of piperidine rings is 1. The number of hydrogen-bond acceptors (Lipinski definition) is 5. The molecule has 3 rings (SSSR count). The molecule has 21 heavy (non-hydrogen) atoms. The number of nitrogens with two attached hydrogens (primary N) is 1. The van der Waals surface area contributed by atoms with Gasteiger partial charge in [-0.2, -0.15) is 0 Å². The highest BCUT2D eigenvalue weighted by molar-refractivity contribution is 7.21. The molecule has 0 saturated carbocycles. The molecule has 2 aromatic heterocycles. The zero-order chi connectivity index (χ0) is 15.0. The number of rotatable bonds is 2. The van der Waals surface area contributed by atoms with Crippen LogP contribution in [0, 0.1) is 0 Å². The second-order valence-electron chi connectivity index (χ2n) is 5.67. The summed E-state index contributed by atoms with van der Waals surface area (Å²) in [6, 6.07) is 2.17. The summed E-state index contributed by atoms with van der Waals surface area (Å²) in [6.45, 7) is 2.07. The summed E-state index contributed by atoms with van der Waals surface area (Å²) < 4.78 is 0.968. The van der Waals surface area contributed by atoms with E-state index < -0.39 is 0 Å². The lowest BCUT2D eigenvalue weighted by Gasteiger charge is -2.35. The number of thiophene rings is 1. The predicted octanol–water partition coefficient (Wildman–Crippen LogP) is 2.04. The van der Waals surface area contributed by atoms with Crippen molar-refractivity contribution in [2.24, 2.45) is 0 Å². The van der Waals surface area contributed by atoms with Crippen LogP contribution in [-0.2, 0) is 0 Å². The lowest BCUT2D eigenvalue weighted by atomic mass is 10.0. The summed E-state index contributed by atoms with van der Waals surface area (Å²) in [5.74, 6) is 0.0308. The van der Waals surface area contributed by atoms with E-state index in [0.717, 1.165) is 36.0 Å². The van der Waals surface area contributed by atoms with Crippen LogP contribution in [0.5, 0.6) is 0 Å². The first-order valence-corrected chi connectivity index (χ1v) is 7.97. The molecule has 1 amide bonds. The standard InChI is InChI=1S/C15H20N4OS/c1-18-7-4-10(5-8-18)19(2)15(20)14-13(16)11-3-6-17-9-12(11)21-14/h3,6,9-10H,4-5,7-8,16H2,1-2H3. The molecule has 1 fully saturated rings. The second kappa shape index (κ2) is 5.61. The van der Waals surface area contributed by atoms with E-state index in [1.165, 1.54) is 11.3 Å². The van der Waals surface area contributed by atoms with Crippen molar-refractivity contribution in [1.82, 2.24) is 14.8 Å². The fourth-order valence-corrected chi connectivity index (χ4v) is 3.91. The quantitative estimate of drug-likeness (QED) is 0.922. The van der Waals surface area contributed by atoms with Gasteiger partial charge in [0.15, 0.2) is 0 Å². The topological polar surface area (TPSA) is 62.5 Å². The fraction of sp³-hybridized carbons (Fsp3) is 0.467. The van der Waals surface area contributed by atoms with Crippen LogP contribution < -0.4 is 5.73 Å². The van der Waals surface area contributed by atoms with Crippen LogP contribution in [0.25, 0.3) is 10.1 Å². The molecule has 6 heteroatoms. The number of nitrogen functional groups attached to an aromatic ring is 1. The summed E-state index contributed by atoms with van der Waals surface area (Å²) in [4.78, 5) is 21.6. The Morgan fingerprint density at radius 3 is 2.86 bits per heavy atom. The Bertz CT molecular complexity index is 661. The second-order valence-corrected chi connectivity index (χ2v) is 6.72. The van der Waals surface area contributed by atoms with Gasteiger partial charge < -0.3 is 15.5 Å². The Morgan fingerprint density at radius 1 is 1.48 bits per heavy atom. The van der Waals surface area contributed by atoms with Crippen molar-refractivity contribution in [2.45, 2.75) is 18.9 Å². The third kappa shape index (κ3) is 2.61. The number of anilines is 1. The van der Waals surface area contributed by atoms with E-state index in [1.807, 2.05) is 18.0 Å². The summed E-state index contributed by atoms with van der Waals surface area (Å²) in [6.07, 6.45) is 5.51. The van der Waals surface area contributed by atoms with Crippen molar-refractivity contribution in [3.8, 4) is 0 Å². The molecule has 0 atom stereocenters. The first-order valence-electron chi connectivity index (χ1n) is 7.15. The van der Waals surface area contributed by atoms with Crippen molar-refractivity contribution in [3.05, 3.63) is 23.3 Å². The third-order valence-electron chi connectivity index (χ3n) is 4.28. The zero-order valence-corrected chi connectivity index (χ0v) is 13.2. The van der Waals surface area contributed by atoms with Crippen molar-refractivity contribution in [1.29, 1.82) is 0 Å². The molecule has 0 aromatic carbocycles. The van der Waals surface area contributed by atoms with Gasteiger partial charge in [-0.25, -0.2) is 0 Å². The average molecular weight is 304 g/mol. The predicted molar refractivity (Wildman–Crippen MR) is 86.6 cm³/mol. The number of aromatic nitrogens is 1. The molecule has 112 valence electrons.